The normalized spacial score (nSPS) is 14.5. The van der Waals surface area contributed by atoms with Crippen LogP contribution in [0.15, 0.2) is 24.3 Å². The molecule has 0 unspecified atom stereocenters. The van der Waals surface area contributed by atoms with Gasteiger partial charge in [0.1, 0.15) is 17.3 Å². The van der Waals surface area contributed by atoms with Crippen molar-refractivity contribution in [1.29, 1.82) is 0 Å². The Kier molecular flexibility index (Phi) is 7.06. The number of carbonyl (C=O) groups is 1. The minimum atomic E-state index is -0.863. The lowest BCUT2D eigenvalue weighted by molar-refractivity contribution is -0.383. The number of benzene rings is 1. The van der Waals surface area contributed by atoms with Crippen LogP contribution in [0.2, 0.25) is 0 Å². The Balaban J connectivity index is 2.14. The minimum Gasteiger partial charge on any atom is -0.493 e. The minimum absolute atomic E-state index is 0.0323. The maximum absolute atomic E-state index is 14.2. The highest BCUT2D eigenvalue weighted by atomic mass is 19.1. The van der Waals surface area contributed by atoms with Gasteiger partial charge in [-0.3, -0.25) is 15.0 Å². The predicted octanol–water partition coefficient (Wildman–Crippen LogP) is 3.82. The summed E-state index contributed by atoms with van der Waals surface area (Å²) >= 11 is 0. The van der Waals surface area contributed by atoms with Crippen molar-refractivity contribution in [1.82, 2.24) is 4.98 Å². The molecule has 1 amide bonds. The van der Waals surface area contributed by atoms with Crippen LogP contribution in [0.4, 0.5) is 26.4 Å². The molecule has 4 bridgehead atoms. The Morgan fingerprint density at radius 3 is 2.71 bits per heavy atom. The molecule has 2 heterocycles. The van der Waals surface area contributed by atoms with Gasteiger partial charge in [0.25, 0.3) is 0 Å². The summed E-state index contributed by atoms with van der Waals surface area (Å²) in [5.74, 6) is -0.624. The summed E-state index contributed by atoms with van der Waals surface area (Å²) < 4.78 is 30.5. The highest BCUT2D eigenvalue weighted by Crippen LogP contribution is 2.37. The van der Waals surface area contributed by atoms with E-state index in [2.05, 4.69) is 4.98 Å². The first-order valence-electron chi connectivity index (χ1n) is 9.83. The lowest BCUT2D eigenvalue weighted by atomic mass is 10.1. The molecule has 1 aliphatic heterocycles. The molecule has 0 atom stereocenters. The van der Waals surface area contributed by atoms with Gasteiger partial charge < -0.3 is 19.9 Å². The summed E-state index contributed by atoms with van der Waals surface area (Å²) in [6, 6.07) is 5.29. The molecule has 0 fully saturated rings. The monoisotopic (exact) mass is 434 g/mol. The first-order chi connectivity index (χ1) is 14.9. The number of hydrogen-bond donors (Lipinski definition) is 1. The number of aromatic nitrogens is 1. The molecule has 0 spiro atoms. The molecule has 0 saturated carbocycles. The van der Waals surface area contributed by atoms with E-state index >= 15 is 0 Å². The van der Waals surface area contributed by atoms with Crippen molar-refractivity contribution in [2.24, 2.45) is 0 Å². The first kappa shape index (κ1) is 22.1. The van der Waals surface area contributed by atoms with Gasteiger partial charge in [-0.1, -0.05) is 0 Å². The van der Waals surface area contributed by atoms with Gasteiger partial charge in [0, 0.05) is 12.1 Å². The second kappa shape index (κ2) is 9.92. The van der Waals surface area contributed by atoms with Gasteiger partial charge >= 0.3 is 11.8 Å². The van der Waals surface area contributed by atoms with E-state index in [9.17, 15) is 19.3 Å². The SMILES string of the molecule is CCOC(=O)N1Cc2cc(F)cc(c2)OCCCCCOc2cc1c([N+](=O)[O-])c(N)n2. The molecule has 0 saturated heterocycles. The fourth-order valence-corrected chi connectivity index (χ4v) is 3.16. The molecule has 0 aliphatic carbocycles. The molecular formula is C20H23FN4O6. The van der Waals surface area contributed by atoms with Crippen LogP contribution in [0.5, 0.6) is 11.6 Å². The van der Waals surface area contributed by atoms with Gasteiger partial charge in [-0.05, 0) is 43.9 Å². The second-order valence-corrected chi connectivity index (χ2v) is 6.81. The van der Waals surface area contributed by atoms with Crippen molar-refractivity contribution in [3.63, 3.8) is 0 Å². The van der Waals surface area contributed by atoms with E-state index in [0.29, 0.717) is 30.9 Å². The lowest BCUT2D eigenvalue weighted by Crippen LogP contribution is -2.32. The molecule has 31 heavy (non-hydrogen) atoms. The fourth-order valence-electron chi connectivity index (χ4n) is 3.16. The van der Waals surface area contributed by atoms with Gasteiger partial charge in [-0.15, -0.1) is 0 Å². The Morgan fingerprint density at radius 1 is 1.26 bits per heavy atom. The molecule has 2 aromatic rings. The van der Waals surface area contributed by atoms with Crippen molar-refractivity contribution in [3.05, 3.63) is 45.8 Å². The maximum atomic E-state index is 14.2. The summed E-state index contributed by atoms with van der Waals surface area (Å²) in [6.45, 7) is 2.09. The summed E-state index contributed by atoms with van der Waals surface area (Å²) in [7, 11) is 0. The number of pyridine rings is 1. The standard InChI is InChI=1S/C20H23FN4O6/c1-2-29-20(26)24-12-13-8-14(21)10-15(9-13)30-6-4-3-5-7-31-17-11-16(24)18(25(27)28)19(22)23-17/h8-11H,2-7,12H2,1H3,(H2,22,23). The van der Waals surface area contributed by atoms with E-state index in [0.717, 1.165) is 17.7 Å². The van der Waals surface area contributed by atoms with Crippen LogP contribution in [0.25, 0.3) is 0 Å². The molecule has 3 rings (SSSR count). The summed E-state index contributed by atoms with van der Waals surface area (Å²) in [5, 5.41) is 11.7. The third-order valence-corrected chi connectivity index (χ3v) is 4.52. The van der Waals surface area contributed by atoms with Crippen molar-refractivity contribution in [2.45, 2.75) is 32.7 Å². The third-order valence-electron chi connectivity index (χ3n) is 4.52. The molecule has 0 radical (unpaired) electrons. The average Bonchev–Trinajstić information content (AvgIpc) is 2.70. The quantitative estimate of drug-likeness (QED) is 0.558. The second-order valence-electron chi connectivity index (χ2n) is 6.81. The zero-order valence-corrected chi connectivity index (χ0v) is 17.0. The molecule has 1 aromatic heterocycles. The third kappa shape index (κ3) is 5.50. The number of nitrogen functional groups attached to an aromatic ring is 1. The lowest BCUT2D eigenvalue weighted by Gasteiger charge is -2.23. The number of fused-ring (bicyclic) bond motifs is 4. The number of amides is 1. The van der Waals surface area contributed by atoms with Crippen molar-refractivity contribution >= 4 is 23.3 Å². The van der Waals surface area contributed by atoms with Crippen LogP contribution in [-0.4, -0.2) is 35.8 Å². The Bertz CT molecular complexity index is 971. The fraction of sp³-hybridized carbons (Fsp3) is 0.400. The van der Waals surface area contributed by atoms with Crippen molar-refractivity contribution in [3.8, 4) is 11.6 Å². The van der Waals surface area contributed by atoms with E-state index < -0.39 is 28.3 Å². The number of carbonyl (C=O) groups excluding carboxylic acids is 1. The van der Waals surface area contributed by atoms with E-state index in [1.165, 1.54) is 18.2 Å². The van der Waals surface area contributed by atoms with Gasteiger partial charge in [-0.2, -0.15) is 4.98 Å². The van der Waals surface area contributed by atoms with Gasteiger partial charge in [0.15, 0.2) is 0 Å². The molecule has 166 valence electrons. The smallest absolute Gasteiger partial charge is 0.414 e. The first-order valence-corrected chi connectivity index (χ1v) is 9.83. The van der Waals surface area contributed by atoms with E-state index in [1.54, 1.807) is 13.0 Å². The van der Waals surface area contributed by atoms with Gasteiger partial charge in [0.05, 0.1) is 31.3 Å². The van der Waals surface area contributed by atoms with E-state index in [-0.39, 0.29) is 24.7 Å². The Morgan fingerprint density at radius 2 is 2.00 bits per heavy atom. The van der Waals surface area contributed by atoms with Crippen LogP contribution >= 0.6 is 0 Å². The van der Waals surface area contributed by atoms with Crippen molar-refractivity contribution in [2.75, 3.05) is 30.5 Å². The number of rotatable bonds is 2. The average molecular weight is 434 g/mol. The Labute approximate surface area is 177 Å². The van der Waals surface area contributed by atoms with Gasteiger partial charge in [-0.25, -0.2) is 9.18 Å². The number of hydrogen-bond acceptors (Lipinski definition) is 8. The summed E-state index contributed by atoms with van der Waals surface area (Å²) in [5.41, 5.74) is 5.45. The van der Waals surface area contributed by atoms with Crippen LogP contribution in [0.1, 0.15) is 31.7 Å². The van der Waals surface area contributed by atoms with Crippen LogP contribution in [0.3, 0.4) is 0 Å². The Hall–Kier alpha value is -3.63. The van der Waals surface area contributed by atoms with Crippen molar-refractivity contribution < 1.29 is 28.3 Å². The number of nitrogens with two attached hydrogens (primary N) is 1. The van der Waals surface area contributed by atoms with Crippen LogP contribution in [0, 0.1) is 15.9 Å². The topological polar surface area (TPSA) is 130 Å². The number of nitro groups is 1. The molecule has 1 aliphatic rings. The predicted molar refractivity (Wildman–Crippen MR) is 110 cm³/mol. The molecular weight excluding hydrogens is 411 g/mol. The van der Waals surface area contributed by atoms with Crippen LogP contribution < -0.4 is 20.1 Å². The highest BCUT2D eigenvalue weighted by Gasteiger charge is 2.30. The number of ether oxygens (including phenoxy) is 3. The van der Waals surface area contributed by atoms with Gasteiger partial charge in [0.2, 0.25) is 11.7 Å². The highest BCUT2D eigenvalue weighted by molar-refractivity contribution is 5.92. The number of anilines is 2. The maximum Gasteiger partial charge on any atom is 0.414 e. The molecule has 10 nitrogen and oxygen atoms in total. The zero-order valence-electron chi connectivity index (χ0n) is 17.0. The molecule has 1 aromatic carbocycles. The molecule has 2 N–H and O–H groups in total. The largest absolute Gasteiger partial charge is 0.493 e. The summed E-state index contributed by atoms with van der Waals surface area (Å²) in [6.07, 6.45) is 1.32. The van der Waals surface area contributed by atoms with E-state index in [4.69, 9.17) is 19.9 Å². The zero-order chi connectivity index (χ0) is 22.4. The number of nitrogens with zero attached hydrogens (tertiary/aromatic N) is 3. The summed E-state index contributed by atoms with van der Waals surface area (Å²) in [4.78, 5) is 28.6. The van der Waals surface area contributed by atoms with E-state index in [1.807, 2.05) is 0 Å². The molecule has 11 heteroatoms. The number of halogens is 1. The van der Waals surface area contributed by atoms with Crippen LogP contribution in [-0.2, 0) is 11.3 Å².